The van der Waals surface area contributed by atoms with Crippen molar-refractivity contribution in [2.75, 3.05) is 0 Å². The van der Waals surface area contributed by atoms with Gasteiger partial charge in [-0.2, -0.15) is 0 Å². The maximum absolute atomic E-state index is 12.7. The highest BCUT2D eigenvalue weighted by Gasteiger charge is 2.18. The summed E-state index contributed by atoms with van der Waals surface area (Å²) in [6.45, 7) is 5.84. The minimum absolute atomic E-state index is 0.0588. The number of nitrogens with one attached hydrogen (secondary N) is 1. The fourth-order valence-electron chi connectivity index (χ4n) is 3.41. The fraction of sp³-hybridized carbons (Fsp3) is 0.238. The van der Waals surface area contributed by atoms with Crippen molar-refractivity contribution in [1.29, 1.82) is 0 Å². The molecule has 8 nitrogen and oxygen atoms in total. The summed E-state index contributed by atoms with van der Waals surface area (Å²) in [7, 11) is 0. The Hall–Kier alpha value is -3.68. The molecule has 4 aromatic rings. The normalized spacial score (nSPS) is 11.1. The predicted octanol–water partition coefficient (Wildman–Crippen LogP) is 2.76. The Morgan fingerprint density at radius 3 is 2.52 bits per heavy atom. The number of aryl methyl sites for hydroxylation is 2. The van der Waals surface area contributed by atoms with Crippen molar-refractivity contribution in [2.24, 2.45) is 0 Å². The number of aromatic nitrogens is 5. The number of hydrogen-bond donors (Lipinski definition) is 1. The van der Waals surface area contributed by atoms with Crippen LogP contribution in [0.1, 0.15) is 23.6 Å². The first-order valence-electron chi connectivity index (χ1n) is 9.36. The second-order valence-corrected chi connectivity index (χ2v) is 6.97. The van der Waals surface area contributed by atoms with Gasteiger partial charge < -0.3 is 4.74 Å². The van der Waals surface area contributed by atoms with E-state index < -0.39 is 11.2 Å². The number of nitrogens with zero attached hydrogens (tertiary/aromatic N) is 4. The van der Waals surface area contributed by atoms with Gasteiger partial charge in [0.05, 0.1) is 11.1 Å². The smallest absolute Gasteiger partial charge is 0.332 e. The second kappa shape index (κ2) is 7.38. The van der Waals surface area contributed by atoms with Gasteiger partial charge in [0.15, 0.2) is 0 Å². The van der Waals surface area contributed by atoms with Crippen LogP contribution in [0.2, 0.25) is 0 Å². The lowest BCUT2D eigenvalue weighted by Gasteiger charge is -2.17. The van der Waals surface area contributed by atoms with Gasteiger partial charge in [-0.1, -0.05) is 30.3 Å². The quantitative estimate of drug-likeness (QED) is 0.564. The topological polar surface area (TPSA) is 94.8 Å². The molecule has 0 saturated heterocycles. The molecule has 0 atom stereocenters. The molecular formula is C21H21N5O3. The maximum Gasteiger partial charge on any atom is 0.332 e. The number of hydrogen-bond acceptors (Lipinski definition) is 5. The summed E-state index contributed by atoms with van der Waals surface area (Å²) in [5, 5.41) is 8.27. The van der Waals surface area contributed by atoms with Gasteiger partial charge in [-0.25, -0.2) is 14.0 Å². The molecule has 2 aromatic heterocycles. The third kappa shape index (κ3) is 3.56. The molecule has 0 aliphatic rings. The lowest BCUT2D eigenvalue weighted by molar-refractivity contribution is 0.386. The first-order valence-corrected chi connectivity index (χ1v) is 9.36. The number of H-pyrrole nitrogens is 1. The average Bonchev–Trinajstić information content (AvgIpc) is 3.07. The SMILES string of the molecule is CCc1c(Oc2cc(C)cc(C)c2)n(Cn2nnc3ccccc32)c(=O)[nH]c1=O. The van der Waals surface area contributed by atoms with E-state index in [2.05, 4.69) is 15.3 Å². The molecule has 1 N–H and O–H groups in total. The van der Waals surface area contributed by atoms with Crippen LogP contribution in [-0.4, -0.2) is 24.5 Å². The van der Waals surface area contributed by atoms with Gasteiger partial charge in [0, 0.05) is 0 Å². The Kier molecular flexibility index (Phi) is 4.75. The summed E-state index contributed by atoms with van der Waals surface area (Å²) in [6.07, 6.45) is 0.411. The molecule has 0 radical (unpaired) electrons. The van der Waals surface area contributed by atoms with Crippen molar-refractivity contribution in [3.8, 4) is 11.6 Å². The zero-order chi connectivity index (χ0) is 20.5. The molecule has 8 heteroatoms. The molecule has 29 heavy (non-hydrogen) atoms. The molecule has 2 aromatic carbocycles. The van der Waals surface area contributed by atoms with Crippen molar-refractivity contribution in [3.05, 3.63) is 80.0 Å². The Morgan fingerprint density at radius 1 is 1.07 bits per heavy atom. The first-order chi connectivity index (χ1) is 14.0. The van der Waals surface area contributed by atoms with E-state index in [0.717, 1.165) is 22.2 Å². The standard InChI is InChI=1S/C21H21N5O3/c1-4-16-19(27)22-21(28)25(12-26-18-8-6-5-7-17(18)23-24-26)20(16)29-15-10-13(2)9-14(3)11-15/h5-11H,4,12H2,1-3H3,(H,22,27,28). The van der Waals surface area contributed by atoms with Crippen LogP contribution in [0.25, 0.3) is 11.0 Å². The van der Waals surface area contributed by atoms with Crippen LogP contribution in [0, 0.1) is 13.8 Å². The van der Waals surface area contributed by atoms with Crippen molar-refractivity contribution in [3.63, 3.8) is 0 Å². The van der Waals surface area contributed by atoms with Crippen LogP contribution in [0.4, 0.5) is 0 Å². The molecule has 0 fully saturated rings. The monoisotopic (exact) mass is 391 g/mol. The van der Waals surface area contributed by atoms with Crippen LogP contribution in [-0.2, 0) is 13.1 Å². The first kappa shape index (κ1) is 18.7. The lowest BCUT2D eigenvalue weighted by Crippen LogP contribution is -2.35. The highest BCUT2D eigenvalue weighted by atomic mass is 16.5. The lowest BCUT2D eigenvalue weighted by atomic mass is 10.1. The molecule has 2 heterocycles. The predicted molar refractivity (Wildman–Crippen MR) is 110 cm³/mol. The van der Waals surface area contributed by atoms with E-state index in [0.29, 0.717) is 17.7 Å². The summed E-state index contributed by atoms with van der Waals surface area (Å²) in [5.74, 6) is 0.783. The number of rotatable bonds is 5. The molecule has 0 saturated carbocycles. The van der Waals surface area contributed by atoms with Crippen LogP contribution in [0.15, 0.2) is 52.1 Å². The Balaban J connectivity index is 1.86. The number of aromatic amines is 1. The highest BCUT2D eigenvalue weighted by molar-refractivity contribution is 5.73. The molecule has 148 valence electrons. The molecule has 0 unspecified atom stereocenters. The average molecular weight is 391 g/mol. The van der Waals surface area contributed by atoms with Crippen molar-refractivity contribution in [2.45, 2.75) is 33.9 Å². The third-order valence-electron chi connectivity index (χ3n) is 4.70. The van der Waals surface area contributed by atoms with Gasteiger partial charge in [0.25, 0.3) is 5.56 Å². The van der Waals surface area contributed by atoms with E-state index in [9.17, 15) is 9.59 Å². The van der Waals surface area contributed by atoms with E-state index in [-0.39, 0.29) is 12.5 Å². The molecule has 0 bridgehead atoms. The minimum atomic E-state index is -0.564. The number of para-hydroxylation sites is 1. The molecule has 4 rings (SSSR count). The molecule has 0 spiro atoms. The molecule has 0 aliphatic heterocycles. The van der Waals surface area contributed by atoms with Crippen molar-refractivity contribution >= 4 is 11.0 Å². The summed E-state index contributed by atoms with van der Waals surface area (Å²) < 4.78 is 9.07. The summed E-state index contributed by atoms with van der Waals surface area (Å²) in [4.78, 5) is 27.5. The Labute approximate surface area is 166 Å². The summed E-state index contributed by atoms with van der Waals surface area (Å²) >= 11 is 0. The third-order valence-corrected chi connectivity index (χ3v) is 4.70. The van der Waals surface area contributed by atoms with Gasteiger partial charge >= 0.3 is 5.69 Å². The van der Waals surface area contributed by atoms with Crippen molar-refractivity contribution < 1.29 is 4.74 Å². The number of fused-ring (bicyclic) bond motifs is 1. The van der Waals surface area contributed by atoms with Crippen LogP contribution in [0.5, 0.6) is 11.6 Å². The highest BCUT2D eigenvalue weighted by Crippen LogP contribution is 2.25. The van der Waals surface area contributed by atoms with Gasteiger partial charge in [-0.05, 0) is 55.7 Å². The zero-order valence-electron chi connectivity index (χ0n) is 16.5. The van der Waals surface area contributed by atoms with E-state index in [1.807, 2.05) is 63.2 Å². The van der Waals surface area contributed by atoms with Crippen LogP contribution < -0.4 is 16.0 Å². The van der Waals surface area contributed by atoms with Gasteiger partial charge in [0.2, 0.25) is 5.88 Å². The van der Waals surface area contributed by atoms with Crippen LogP contribution in [0.3, 0.4) is 0 Å². The van der Waals surface area contributed by atoms with E-state index in [4.69, 9.17) is 4.74 Å². The van der Waals surface area contributed by atoms with Crippen LogP contribution >= 0.6 is 0 Å². The largest absolute Gasteiger partial charge is 0.440 e. The van der Waals surface area contributed by atoms with Crippen molar-refractivity contribution in [1.82, 2.24) is 24.5 Å². The van der Waals surface area contributed by atoms with E-state index in [1.165, 1.54) is 4.57 Å². The van der Waals surface area contributed by atoms with Gasteiger partial charge in [-0.15, -0.1) is 5.10 Å². The Bertz CT molecular complexity index is 1300. The maximum atomic E-state index is 12.7. The zero-order valence-corrected chi connectivity index (χ0v) is 16.5. The fourth-order valence-corrected chi connectivity index (χ4v) is 3.41. The summed E-state index contributed by atoms with van der Waals surface area (Å²) in [6, 6.07) is 13.2. The van der Waals surface area contributed by atoms with Gasteiger partial charge in [-0.3, -0.25) is 9.78 Å². The molecular weight excluding hydrogens is 370 g/mol. The Morgan fingerprint density at radius 2 is 1.79 bits per heavy atom. The minimum Gasteiger partial charge on any atom is -0.440 e. The number of benzene rings is 2. The second-order valence-electron chi connectivity index (χ2n) is 6.97. The van der Waals surface area contributed by atoms with Gasteiger partial charge in [0.1, 0.15) is 17.9 Å². The van der Waals surface area contributed by atoms with E-state index in [1.54, 1.807) is 4.68 Å². The van der Waals surface area contributed by atoms with E-state index >= 15 is 0 Å². The number of ether oxygens (including phenoxy) is 1. The summed E-state index contributed by atoms with van der Waals surface area (Å²) in [5.41, 5.74) is 2.94. The molecule has 0 aliphatic carbocycles. The molecule has 0 amide bonds.